The number of aromatic hydroxyl groups is 1. The van der Waals surface area contributed by atoms with Crippen LogP contribution >= 0.6 is 0 Å². The van der Waals surface area contributed by atoms with Crippen LogP contribution < -0.4 is 5.73 Å². The molecule has 66 valence electrons. The highest BCUT2D eigenvalue weighted by atomic mass is 16.5. The van der Waals surface area contributed by atoms with E-state index in [1.54, 1.807) is 24.3 Å². The van der Waals surface area contributed by atoms with Gasteiger partial charge in [-0.1, -0.05) is 11.2 Å². The van der Waals surface area contributed by atoms with Crippen molar-refractivity contribution < 1.29 is 9.52 Å². The van der Waals surface area contributed by atoms with Crippen LogP contribution in [0.5, 0.6) is 6.08 Å². The highest BCUT2D eigenvalue weighted by molar-refractivity contribution is 5.59. The monoisotopic (exact) mass is 177 g/mol. The number of rotatable bonds is 1. The number of hydrogen-bond acceptors (Lipinski definition) is 5. The second kappa shape index (κ2) is 2.78. The van der Waals surface area contributed by atoms with E-state index in [1.807, 2.05) is 0 Å². The molecule has 0 atom stereocenters. The smallest absolute Gasteiger partial charge is 0.412 e. The molecule has 1 aromatic carbocycles. The van der Waals surface area contributed by atoms with Crippen molar-refractivity contribution in [3.8, 4) is 17.5 Å². The number of nitrogens with two attached hydrogens (primary N) is 1. The topological polar surface area (TPSA) is 85.2 Å². The van der Waals surface area contributed by atoms with Crippen LogP contribution in [0.25, 0.3) is 11.5 Å². The van der Waals surface area contributed by atoms with E-state index >= 15 is 0 Å². The summed E-state index contributed by atoms with van der Waals surface area (Å²) in [5.41, 5.74) is 6.84. The van der Waals surface area contributed by atoms with Crippen LogP contribution in [0.15, 0.2) is 28.7 Å². The van der Waals surface area contributed by atoms with Gasteiger partial charge in [0.15, 0.2) is 0 Å². The van der Waals surface area contributed by atoms with Gasteiger partial charge in [0, 0.05) is 11.3 Å². The second-order valence-corrected chi connectivity index (χ2v) is 2.52. The number of benzene rings is 1. The minimum absolute atomic E-state index is 0.254. The van der Waals surface area contributed by atoms with Crippen LogP contribution in [-0.4, -0.2) is 15.3 Å². The molecule has 1 aromatic heterocycles. The van der Waals surface area contributed by atoms with Gasteiger partial charge in [-0.05, 0) is 18.2 Å². The van der Waals surface area contributed by atoms with Gasteiger partial charge in [0.2, 0.25) is 0 Å². The van der Waals surface area contributed by atoms with Gasteiger partial charge in [-0.15, -0.1) is 5.10 Å². The standard InChI is InChI=1S/C8H7N3O2/c9-6-3-1-2-5(4-6)7-10-11-8(12)13-7/h1-4H,9H2,(H,11,12). The third-order valence-corrected chi connectivity index (χ3v) is 1.55. The first-order valence-electron chi connectivity index (χ1n) is 3.64. The Labute approximate surface area is 73.8 Å². The average molecular weight is 177 g/mol. The molecule has 2 rings (SSSR count). The van der Waals surface area contributed by atoms with Crippen molar-refractivity contribution in [3.05, 3.63) is 24.3 Å². The first-order valence-corrected chi connectivity index (χ1v) is 3.64. The molecule has 0 spiro atoms. The average Bonchev–Trinajstić information content (AvgIpc) is 2.52. The Hall–Kier alpha value is -2.04. The molecule has 2 aromatic rings. The van der Waals surface area contributed by atoms with Crippen LogP contribution in [0.1, 0.15) is 0 Å². The summed E-state index contributed by atoms with van der Waals surface area (Å²) >= 11 is 0. The predicted molar refractivity (Wildman–Crippen MR) is 45.8 cm³/mol. The Kier molecular flexibility index (Phi) is 1.63. The highest BCUT2D eigenvalue weighted by Crippen LogP contribution is 2.21. The minimum atomic E-state index is -0.447. The lowest BCUT2D eigenvalue weighted by Gasteiger charge is -1.94. The summed E-state index contributed by atoms with van der Waals surface area (Å²) in [7, 11) is 0. The molecule has 0 unspecified atom stereocenters. The molecule has 5 nitrogen and oxygen atoms in total. The van der Waals surface area contributed by atoms with Crippen LogP contribution in [0.2, 0.25) is 0 Å². The normalized spacial score (nSPS) is 10.2. The zero-order chi connectivity index (χ0) is 9.26. The SMILES string of the molecule is Nc1cccc(-c2nnc(O)o2)c1. The summed E-state index contributed by atoms with van der Waals surface area (Å²) in [5, 5.41) is 15.7. The van der Waals surface area contributed by atoms with Crippen molar-refractivity contribution in [1.29, 1.82) is 0 Å². The highest BCUT2D eigenvalue weighted by Gasteiger charge is 2.06. The molecule has 0 aliphatic carbocycles. The number of nitrogen functional groups attached to an aromatic ring is 1. The second-order valence-electron chi connectivity index (χ2n) is 2.52. The van der Waals surface area contributed by atoms with Crippen LogP contribution in [0, 0.1) is 0 Å². The van der Waals surface area contributed by atoms with Crippen molar-refractivity contribution in [2.75, 3.05) is 5.73 Å². The summed E-state index contributed by atoms with van der Waals surface area (Å²) in [6.07, 6.45) is -0.447. The summed E-state index contributed by atoms with van der Waals surface area (Å²) in [6.45, 7) is 0. The quantitative estimate of drug-likeness (QED) is 0.635. The van der Waals surface area contributed by atoms with Gasteiger partial charge in [-0.2, -0.15) is 0 Å². The third-order valence-electron chi connectivity index (χ3n) is 1.55. The van der Waals surface area contributed by atoms with Crippen molar-refractivity contribution in [2.45, 2.75) is 0 Å². The Balaban J connectivity index is 2.46. The lowest BCUT2D eigenvalue weighted by molar-refractivity contribution is 0.320. The molecule has 1 heterocycles. The van der Waals surface area contributed by atoms with Crippen molar-refractivity contribution in [3.63, 3.8) is 0 Å². The Morgan fingerprint density at radius 2 is 2.15 bits per heavy atom. The predicted octanol–water partition coefficient (Wildman–Crippen LogP) is 1.02. The van der Waals surface area contributed by atoms with Gasteiger partial charge < -0.3 is 15.3 Å². The molecule has 5 heteroatoms. The zero-order valence-electron chi connectivity index (χ0n) is 6.64. The molecule has 0 saturated carbocycles. The molecule has 0 aliphatic heterocycles. The Morgan fingerprint density at radius 1 is 1.31 bits per heavy atom. The third kappa shape index (κ3) is 1.44. The van der Waals surface area contributed by atoms with Crippen molar-refractivity contribution in [2.24, 2.45) is 0 Å². The fourth-order valence-corrected chi connectivity index (χ4v) is 1.00. The van der Waals surface area contributed by atoms with E-state index in [-0.39, 0.29) is 5.89 Å². The number of aromatic nitrogens is 2. The summed E-state index contributed by atoms with van der Waals surface area (Å²) < 4.78 is 4.80. The molecule has 13 heavy (non-hydrogen) atoms. The number of anilines is 1. The van der Waals surface area contributed by atoms with E-state index in [1.165, 1.54) is 0 Å². The van der Waals surface area contributed by atoms with Crippen molar-refractivity contribution in [1.82, 2.24) is 10.2 Å². The first kappa shape index (κ1) is 7.60. The summed E-state index contributed by atoms with van der Waals surface area (Å²) in [5.74, 6) is 0.254. The molecule has 0 fully saturated rings. The molecular formula is C8H7N3O2. The molecular weight excluding hydrogens is 170 g/mol. The van der Waals surface area contributed by atoms with Gasteiger partial charge in [-0.3, -0.25) is 0 Å². The fraction of sp³-hybridized carbons (Fsp3) is 0. The lowest BCUT2D eigenvalue weighted by Crippen LogP contribution is -1.84. The van der Waals surface area contributed by atoms with E-state index in [2.05, 4.69) is 10.2 Å². The molecule has 0 aliphatic rings. The van der Waals surface area contributed by atoms with E-state index in [0.717, 1.165) is 0 Å². The van der Waals surface area contributed by atoms with E-state index in [9.17, 15) is 0 Å². The van der Waals surface area contributed by atoms with Gasteiger partial charge in [-0.25, -0.2) is 0 Å². The van der Waals surface area contributed by atoms with Crippen LogP contribution in [-0.2, 0) is 0 Å². The maximum atomic E-state index is 8.81. The Morgan fingerprint density at radius 3 is 2.77 bits per heavy atom. The summed E-state index contributed by atoms with van der Waals surface area (Å²) in [4.78, 5) is 0. The van der Waals surface area contributed by atoms with Crippen LogP contribution in [0.4, 0.5) is 5.69 Å². The van der Waals surface area contributed by atoms with Gasteiger partial charge in [0.1, 0.15) is 0 Å². The van der Waals surface area contributed by atoms with Gasteiger partial charge >= 0.3 is 6.08 Å². The molecule has 0 radical (unpaired) electrons. The fourth-order valence-electron chi connectivity index (χ4n) is 1.00. The van der Waals surface area contributed by atoms with Gasteiger partial charge in [0.05, 0.1) is 0 Å². The maximum Gasteiger partial charge on any atom is 0.412 e. The van der Waals surface area contributed by atoms with E-state index in [4.69, 9.17) is 15.3 Å². The lowest BCUT2D eigenvalue weighted by atomic mass is 10.2. The molecule has 0 amide bonds. The minimum Gasteiger partial charge on any atom is -0.465 e. The number of hydrogen-bond donors (Lipinski definition) is 2. The molecule has 3 N–H and O–H groups in total. The number of nitrogens with zero attached hydrogens (tertiary/aromatic N) is 2. The first-order chi connectivity index (χ1) is 6.25. The molecule has 0 saturated heterocycles. The van der Waals surface area contributed by atoms with Crippen molar-refractivity contribution >= 4 is 5.69 Å². The summed E-state index contributed by atoms with van der Waals surface area (Å²) in [6, 6.07) is 6.97. The van der Waals surface area contributed by atoms with E-state index in [0.29, 0.717) is 11.3 Å². The Bertz CT molecular complexity index is 425. The van der Waals surface area contributed by atoms with Crippen LogP contribution in [0.3, 0.4) is 0 Å². The zero-order valence-corrected chi connectivity index (χ0v) is 6.64. The molecule has 0 bridgehead atoms. The largest absolute Gasteiger partial charge is 0.465 e. The van der Waals surface area contributed by atoms with Gasteiger partial charge in [0.25, 0.3) is 5.89 Å². The van der Waals surface area contributed by atoms with E-state index < -0.39 is 6.08 Å². The maximum absolute atomic E-state index is 8.81.